The number of benzene rings is 1. The fourth-order valence-electron chi connectivity index (χ4n) is 1.39. The highest BCUT2D eigenvalue weighted by atomic mass is 32.1. The molecule has 0 bridgehead atoms. The molecule has 1 aromatic carbocycles. The Labute approximate surface area is 90.3 Å². The maximum atomic E-state index is 9.60. The second-order valence-electron chi connectivity index (χ2n) is 3.12. The quantitative estimate of drug-likeness (QED) is 0.749. The number of aryl methyl sites for hydroxylation is 1. The Morgan fingerprint density at radius 1 is 1.50 bits per heavy atom. The Morgan fingerprint density at radius 3 is 2.71 bits per heavy atom. The van der Waals surface area contributed by atoms with Crippen molar-refractivity contribution in [2.75, 3.05) is 12.9 Å². The zero-order valence-corrected chi connectivity index (χ0v) is 9.42. The van der Waals surface area contributed by atoms with E-state index in [-0.39, 0.29) is 0 Å². The van der Waals surface area contributed by atoms with E-state index in [0.717, 1.165) is 23.3 Å². The van der Waals surface area contributed by atoms with Crippen LogP contribution in [0.25, 0.3) is 0 Å². The molecule has 0 saturated carbocycles. The number of methoxy groups -OCH3 is 1. The minimum atomic E-state index is -0.491. The molecule has 0 amide bonds. The average molecular weight is 212 g/mol. The van der Waals surface area contributed by atoms with E-state index < -0.39 is 6.10 Å². The van der Waals surface area contributed by atoms with Crippen LogP contribution >= 0.6 is 12.6 Å². The predicted octanol–water partition coefficient (Wildman–Crippen LogP) is 2.22. The van der Waals surface area contributed by atoms with Crippen molar-refractivity contribution in [1.29, 1.82) is 0 Å². The molecule has 1 atom stereocenters. The summed E-state index contributed by atoms with van der Waals surface area (Å²) in [6, 6.07) is 5.74. The molecule has 0 aliphatic heterocycles. The molecule has 3 heteroatoms. The van der Waals surface area contributed by atoms with E-state index in [1.807, 2.05) is 18.2 Å². The van der Waals surface area contributed by atoms with Crippen LogP contribution in [-0.4, -0.2) is 18.0 Å². The Balaban J connectivity index is 3.01. The van der Waals surface area contributed by atoms with Crippen LogP contribution in [0.4, 0.5) is 0 Å². The van der Waals surface area contributed by atoms with Gasteiger partial charge in [0.15, 0.2) is 0 Å². The van der Waals surface area contributed by atoms with Gasteiger partial charge in [-0.2, -0.15) is 12.6 Å². The van der Waals surface area contributed by atoms with Gasteiger partial charge in [0.25, 0.3) is 0 Å². The zero-order valence-electron chi connectivity index (χ0n) is 8.53. The van der Waals surface area contributed by atoms with Gasteiger partial charge in [-0.05, 0) is 29.7 Å². The number of hydrogen-bond donors (Lipinski definition) is 2. The fourth-order valence-corrected chi connectivity index (χ4v) is 1.60. The van der Waals surface area contributed by atoms with Gasteiger partial charge in [-0.25, -0.2) is 0 Å². The summed E-state index contributed by atoms with van der Waals surface area (Å²) in [7, 11) is 1.66. The third-order valence-corrected chi connectivity index (χ3v) is 2.59. The molecule has 0 spiro atoms. The molecule has 78 valence electrons. The van der Waals surface area contributed by atoms with Gasteiger partial charge in [0.1, 0.15) is 5.75 Å². The van der Waals surface area contributed by atoms with Gasteiger partial charge in [-0.3, -0.25) is 0 Å². The summed E-state index contributed by atoms with van der Waals surface area (Å²) in [4.78, 5) is 0. The molecule has 0 heterocycles. The van der Waals surface area contributed by atoms with Gasteiger partial charge in [0.05, 0.1) is 13.2 Å². The van der Waals surface area contributed by atoms with Crippen molar-refractivity contribution in [3.63, 3.8) is 0 Å². The van der Waals surface area contributed by atoms with Gasteiger partial charge >= 0.3 is 0 Å². The van der Waals surface area contributed by atoms with Crippen molar-refractivity contribution >= 4 is 12.6 Å². The van der Waals surface area contributed by atoms with Crippen LogP contribution in [-0.2, 0) is 6.42 Å². The fraction of sp³-hybridized carbons (Fsp3) is 0.455. The van der Waals surface area contributed by atoms with Gasteiger partial charge in [0.2, 0.25) is 0 Å². The summed E-state index contributed by atoms with van der Waals surface area (Å²) < 4.78 is 5.20. The minimum absolute atomic E-state index is 0.440. The smallest absolute Gasteiger partial charge is 0.122 e. The molecule has 2 nitrogen and oxygen atoms in total. The molecule has 0 fully saturated rings. The van der Waals surface area contributed by atoms with Crippen LogP contribution < -0.4 is 4.74 Å². The van der Waals surface area contributed by atoms with E-state index in [9.17, 15) is 5.11 Å². The normalized spacial score (nSPS) is 12.6. The van der Waals surface area contributed by atoms with E-state index >= 15 is 0 Å². The molecule has 0 aromatic heterocycles. The number of thiol groups is 1. The van der Waals surface area contributed by atoms with Crippen LogP contribution in [0.1, 0.15) is 24.2 Å². The third kappa shape index (κ3) is 2.42. The number of hydrogen-bond acceptors (Lipinski definition) is 3. The van der Waals surface area contributed by atoms with Crippen molar-refractivity contribution in [3.8, 4) is 5.75 Å². The van der Waals surface area contributed by atoms with Crippen molar-refractivity contribution < 1.29 is 9.84 Å². The van der Waals surface area contributed by atoms with Crippen molar-refractivity contribution in [2.45, 2.75) is 19.4 Å². The van der Waals surface area contributed by atoms with Crippen molar-refractivity contribution in [2.24, 2.45) is 0 Å². The van der Waals surface area contributed by atoms with E-state index in [0.29, 0.717) is 5.75 Å². The highest BCUT2D eigenvalue weighted by Crippen LogP contribution is 2.24. The number of rotatable bonds is 4. The van der Waals surface area contributed by atoms with Crippen LogP contribution in [0.2, 0.25) is 0 Å². The molecule has 14 heavy (non-hydrogen) atoms. The highest BCUT2D eigenvalue weighted by Gasteiger charge is 2.08. The first-order valence-electron chi connectivity index (χ1n) is 4.68. The number of aliphatic hydroxyl groups is 1. The first kappa shape index (κ1) is 11.4. The first-order chi connectivity index (χ1) is 6.72. The molecule has 1 unspecified atom stereocenters. The van der Waals surface area contributed by atoms with Gasteiger partial charge in [0, 0.05) is 5.75 Å². The summed E-state index contributed by atoms with van der Waals surface area (Å²) in [6.45, 7) is 2.06. The standard InChI is InChI=1S/C11H16O2S/c1-3-8-6-9(10(12)7-14)4-5-11(8)13-2/h4-6,10,12,14H,3,7H2,1-2H3. The Morgan fingerprint density at radius 2 is 2.21 bits per heavy atom. The van der Waals surface area contributed by atoms with Crippen molar-refractivity contribution in [1.82, 2.24) is 0 Å². The van der Waals surface area contributed by atoms with E-state index in [1.54, 1.807) is 7.11 Å². The van der Waals surface area contributed by atoms with Crippen LogP contribution in [0.3, 0.4) is 0 Å². The summed E-state index contributed by atoms with van der Waals surface area (Å²) in [5.74, 6) is 1.32. The molecule has 1 aromatic rings. The lowest BCUT2D eigenvalue weighted by atomic mass is 10.0. The summed E-state index contributed by atoms with van der Waals surface area (Å²) in [5, 5.41) is 9.60. The van der Waals surface area contributed by atoms with Crippen LogP contribution in [0, 0.1) is 0 Å². The molecule has 1 rings (SSSR count). The largest absolute Gasteiger partial charge is 0.496 e. The minimum Gasteiger partial charge on any atom is -0.496 e. The van der Waals surface area contributed by atoms with E-state index in [1.165, 1.54) is 0 Å². The second kappa shape index (κ2) is 5.27. The molecule has 0 radical (unpaired) electrons. The lowest BCUT2D eigenvalue weighted by molar-refractivity contribution is 0.204. The average Bonchev–Trinajstić information content (AvgIpc) is 2.26. The highest BCUT2D eigenvalue weighted by molar-refractivity contribution is 7.80. The second-order valence-corrected chi connectivity index (χ2v) is 3.49. The topological polar surface area (TPSA) is 29.5 Å². The van der Waals surface area contributed by atoms with E-state index in [2.05, 4.69) is 19.6 Å². The van der Waals surface area contributed by atoms with Crippen LogP contribution in [0.15, 0.2) is 18.2 Å². The SMILES string of the molecule is CCc1cc(C(O)CS)ccc1OC. The first-order valence-corrected chi connectivity index (χ1v) is 5.31. The summed E-state index contributed by atoms with van der Waals surface area (Å²) in [6.07, 6.45) is 0.408. The number of aliphatic hydroxyl groups excluding tert-OH is 1. The molecule has 0 aliphatic carbocycles. The molecule has 0 saturated heterocycles. The van der Waals surface area contributed by atoms with Gasteiger partial charge < -0.3 is 9.84 Å². The monoisotopic (exact) mass is 212 g/mol. The Bertz CT molecular complexity index is 299. The maximum Gasteiger partial charge on any atom is 0.122 e. The maximum absolute atomic E-state index is 9.60. The summed E-state index contributed by atoms with van der Waals surface area (Å²) >= 11 is 4.06. The van der Waals surface area contributed by atoms with Crippen molar-refractivity contribution in [3.05, 3.63) is 29.3 Å². The molecule has 0 aliphatic rings. The lowest BCUT2D eigenvalue weighted by Crippen LogP contribution is -2.00. The molecular weight excluding hydrogens is 196 g/mol. The molecular formula is C11H16O2S. The number of ether oxygens (including phenoxy) is 1. The van der Waals surface area contributed by atoms with Gasteiger partial charge in [-0.1, -0.05) is 13.0 Å². The van der Waals surface area contributed by atoms with Gasteiger partial charge in [-0.15, -0.1) is 0 Å². The predicted molar refractivity (Wildman–Crippen MR) is 61.2 cm³/mol. The summed E-state index contributed by atoms with van der Waals surface area (Å²) in [5.41, 5.74) is 2.02. The molecule has 1 N–H and O–H groups in total. The third-order valence-electron chi connectivity index (χ3n) is 2.24. The Kier molecular flexibility index (Phi) is 4.29. The van der Waals surface area contributed by atoms with Crippen LogP contribution in [0.5, 0.6) is 5.75 Å². The lowest BCUT2D eigenvalue weighted by Gasteiger charge is -2.12. The van der Waals surface area contributed by atoms with E-state index in [4.69, 9.17) is 4.74 Å². The Hall–Kier alpha value is -0.670. The zero-order chi connectivity index (χ0) is 10.6.